The van der Waals surface area contributed by atoms with Crippen LogP contribution in [-0.2, 0) is 0 Å². The lowest BCUT2D eigenvalue weighted by Crippen LogP contribution is -2.95. The molecule has 11 atom stereocenters. The van der Waals surface area contributed by atoms with Crippen molar-refractivity contribution in [2.75, 3.05) is 0 Å². The van der Waals surface area contributed by atoms with Crippen LogP contribution in [0.25, 0.3) is 0 Å². The van der Waals surface area contributed by atoms with Crippen LogP contribution in [0.5, 0.6) is 0 Å². The molecule has 0 saturated heterocycles. The van der Waals surface area contributed by atoms with E-state index in [4.69, 9.17) is 0 Å². The van der Waals surface area contributed by atoms with E-state index in [1.54, 1.807) is 4.57 Å². The maximum atomic E-state index is 13.6. The summed E-state index contributed by atoms with van der Waals surface area (Å²) in [7, 11) is 0. The summed E-state index contributed by atoms with van der Waals surface area (Å²) in [5.41, 5.74) is 0.657. The van der Waals surface area contributed by atoms with Gasteiger partial charge in [0.05, 0.1) is 12.1 Å². The SMILES string of the molecule is CC1(C)[C@H]2CC[C@]1(C)[C@H](n1c(=O)n3n(c1=O)[C@@H]1[C@@H]4[C@H]5[C@H]6[C@@H]4[C@@]1(C)[C@@H]6[C@@H]53)C2. The predicted molar refractivity (Wildman–Crippen MR) is 94.8 cm³/mol. The summed E-state index contributed by atoms with van der Waals surface area (Å²) in [6.07, 6.45) is 3.41. The Morgan fingerprint density at radius 1 is 0.923 bits per heavy atom. The fourth-order valence-electron chi connectivity index (χ4n) is 10.5. The molecule has 0 aromatic carbocycles. The van der Waals surface area contributed by atoms with E-state index in [0.29, 0.717) is 35.3 Å². The van der Waals surface area contributed by atoms with Gasteiger partial charge in [-0.3, -0.25) is 0 Å². The van der Waals surface area contributed by atoms with Gasteiger partial charge in [-0.25, -0.2) is 23.5 Å². The summed E-state index contributed by atoms with van der Waals surface area (Å²) in [5.74, 6) is 4.52. The number of rotatable bonds is 1. The van der Waals surface area contributed by atoms with Gasteiger partial charge in [-0.1, -0.05) is 27.7 Å². The predicted octanol–water partition coefficient (Wildman–Crippen LogP) is 2.44. The molecule has 138 valence electrons. The van der Waals surface area contributed by atoms with Crippen molar-refractivity contribution in [1.82, 2.24) is 13.9 Å². The molecule has 3 heterocycles. The second kappa shape index (κ2) is 3.22. The Bertz CT molecular complexity index is 1060. The van der Waals surface area contributed by atoms with Crippen LogP contribution in [0.4, 0.5) is 0 Å². The third kappa shape index (κ3) is 0.861. The van der Waals surface area contributed by atoms with Gasteiger partial charge in [0, 0.05) is 6.04 Å². The lowest BCUT2D eigenvalue weighted by molar-refractivity contribution is -0.496. The smallest absolute Gasteiger partial charge is 0.246 e. The quantitative estimate of drug-likeness (QED) is 0.779. The molecule has 0 N–H and O–H groups in total. The van der Waals surface area contributed by atoms with Crippen LogP contribution in [0, 0.1) is 51.8 Å². The number of fused-ring (bicyclic) bond motifs is 2. The third-order valence-corrected chi connectivity index (χ3v) is 12.0. The third-order valence-electron chi connectivity index (χ3n) is 12.0. The first-order valence-electron chi connectivity index (χ1n) is 10.7. The molecule has 8 aliphatic rings. The molecular formula is C21H27N3O2. The second-order valence-electron chi connectivity index (χ2n) is 11.8. The van der Waals surface area contributed by atoms with Gasteiger partial charge in [-0.15, -0.1) is 0 Å². The van der Waals surface area contributed by atoms with Crippen LogP contribution >= 0.6 is 0 Å². The van der Waals surface area contributed by atoms with Gasteiger partial charge in [0.25, 0.3) is 0 Å². The maximum absolute atomic E-state index is 13.6. The molecule has 0 radical (unpaired) electrons. The molecule has 9 rings (SSSR count). The molecule has 0 amide bonds. The fourth-order valence-corrected chi connectivity index (χ4v) is 10.5. The minimum absolute atomic E-state index is 0.0199. The lowest BCUT2D eigenvalue weighted by Gasteiger charge is -2.96. The van der Waals surface area contributed by atoms with E-state index in [1.165, 1.54) is 6.42 Å². The number of hydrogen-bond acceptors (Lipinski definition) is 2. The van der Waals surface area contributed by atoms with Crippen LogP contribution < -0.4 is 11.4 Å². The van der Waals surface area contributed by atoms with E-state index < -0.39 is 0 Å². The van der Waals surface area contributed by atoms with Gasteiger partial charge in [0.15, 0.2) is 0 Å². The zero-order valence-electron chi connectivity index (χ0n) is 16.0. The van der Waals surface area contributed by atoms with Crippen LogP contribution in [0.1, 0.15) is 65.1 Å². The molecule has 0 unspecified atom stereocenters. The average Bonchev–Trinajstić information content (AvgIpc) is 2.99. The number of nitrogens with zero attached hydrogens (tertiary/aromatic N) is 3. The summed E-state index contributed by atoms with van der Waals surface area (Å²) in [6.45, 7) is 9.47. The topological polar surface area (TPSA) is 48.9 Å². The lowest BCUT2D eigenvalue weighted by atomic mass is 9.11. The van der Waals surface area contributed by atoms with E-state index in [0.717, 1.165) is 30.6 Å². The van der Waals surface area contributed by atoms with Gasteiger partial charge in [0.2, 0.25) is 0 Å². The number of hydrogen-bond donors (Lipinski definition) is 0. The second-order valence-corrected chi connectivity index (χ2v) is 11.8. The highest BCUT2D eigenvalue weighted by atomic mass is 16.2. The molecule has 6 fully saturated rings. The number of aromatic nitrogens is 3. The standard InChI is InChI=1S/C21H27N3O2/c1-19(2)8-5-6-20(19,3)9(7-8)22-17(25)23-15-10-11-13-12(10)16(24(23)18(22)26)21(13,4)14(11)15/h8-16H,5-7H2,1-4H3/t8-,9+,10+,11-,12+,13-,14-,15+,16+,20+,21-/m0/s1. The first kappa shape index (κ1) is 13.8. The average molecular weight is 353 g/mol. The monoisotopic (exact) mass is 353 g/mol. The van der Waals surface area contributed by atoms with Crippen molar-refractivity contribution in [2.45, 2.75) is 65.1 Å². The van der Waals surface area contributed by atoms with Crippen molar-refractivity contribution in [1.29, 1.82) is 0 Å². The Labute approximate surface area is 152 Å². The van der Waals surface area contributed by atoms with E-state index >= 15 is 0 Å². The summed E-state index contributed by atoms with van der Waals surface area (Å²) in [6, 6.07) is 0.748. The largest absolute Gasteiger partial charge is 0.347 e. The van der Waals surface area contributed by atoms with Crippen molar-refractivity contribution in [3.8, 4) is 0 Å². The summed E-state index contributed by atoms with van der Waals surface area (Å²) >= 11 is 0. The van der Waals surface area contributed by atoms with Gasteiger partial charge in [0.1, 0.15) is 0 Å². The Hall–Kier alpha value is -1.26. The molecule has 1 aromatic heterocycles. The van der Waals surface area contributed by atoms with E-state index in [9.17, 15) is 9.59 Å². The highest BCUT2D eigenvalue weighted by molar-refractivity contribution is 5.42. The van der Waals surface area contributed by atoms with Crippen molar-refractivity contribution in [3.05, 3.63) is 21.0 Å². The molecule has 1 aromatic rings. The highest BCUT2D eigenvalue weighted by Gasteiger charge is 2.95. The van der Waals surface area contributed by atoms with Gasteiger partial charge >= 0.3 is 11.4 Å². The summed E-state index contributed by atoms with van der Waals surface area (Å²) in [4.78, 5) is 27.1. The fraction of sp³-hybridized carbons (Fsp3) is 0.905. The van der Waals surface area contributed by atoms with Crippen molar-refractivity contribution in [3.63, 3.8) is 0 Å². The zero-order chi connectivity index (χ0) is 17.7. The van der Waals surface area contributed by atoms with Crippen molar-refractivity contribution in [2.24, 2.45) is 51.8 Å². The molecular weight excluding hydrogens is 326 g/mol. The van der Waals surface area contributed by atoms with E-state index in [-0.39, 0.29) is 28.3 Å². The normalized spacial score (nSPS) is 62.7. The van der Waals surface area contributed by atoms with Gasteiger partial charge in [-0.2, -0.15) is 0 Å². The Morgan fingerprint density at radius 2 is 1.65 bits per heavy atom. The summed E-state index contributed by atoms with van der Waals surface area (Å²) < 4.78 is 5.64. The van der Waals surface area contributed by atoms with Crippen molar-refractivity contribution >= 4 is 0 Å². The van der Waals surface area contributed by atoms with Crippen LogP contribution in [0.3, 0.4) is 0 Å². The van der Waals surface area contributed by atoms with Crippen LogP contribution in [0.2, 0.25) is 0 Å². The summed E-state index contributed by atoms with van der Waals surface area (Å²) in [5, 5.41) is 0. The molecule has 5 heteroatoms. The Morgan fingerprint density at radius 3 is 2.27 bits per heavy atom. The molecule has 5 nitrogen and oxygen atoms in total. The Kier molecular flexibility index (Phi) is 1.71. The zero-order valence-corrected chi connectivity index (χ0v) is 16.0. The van der Waals surface area contributed by atoms with Crippen molar-refractivity contribution < 1.29 is 0 Å². The maximum Gasteiger partial charge on any atom is 0.347 e. The Balaban J connectivity index is 1.37. The highest BCUT2D eigenvalue weighted by Crippen LogP contribution is 2.96. The molecule has 2 aliphatic heterocycles. The first-order valence-corrected chi connectivity index (χ1v) is 10.7. The molecule has 6 saturated carbocycles. The van der Waals surface area contributed by atoms with Gasteiger partial charge < -0.3 is 0 Å². The van der Waals surface area contributed by atoms with Crippen LogP contribution in [-0.4, -0.2) is 13.9 Å². The van der Waals surface area contributed by atoms with Crippen LogP contribution in [0.15, 0.2) is 9.59 Å². The first-order chi connectivity index (χ1) is 12.3. The van der Waals surface area contributed by atoms with Gasteiger partial charge in [-0.05, 0) is 71.0 Å². The minimum atomic E-state index is 0.0199. The van der Waals surface area contributed by atoms with E-state index in [1.807, 2.05) is 9.36 Å². The molecule has 0 spiro atoms. The van der Waals surface area contributed by atoms with E-state index in [2.05, 4.69) is 27.7 Å². The molecule has 4 bridgehead atoms. The minimum Gasteiger partial charge on any atom is -0.246 e. The molecule has 6 aliphatic carbocycles. The molecule has 26 heavy (non-hydrogen) atoms.